The van der Waals surface area contributed by atoms with Crippen molar-refractivity contribution in [3.63, 3.8) is 0 Å². The van der Waals surface area contributed by atoms with Crippen LogP contribution in [0.25, 0.3) is 11.3 Å². The minimum absolute atomic E-state index is 0.565. The summed E-state index contributed by atoms with van der Waals surface area (Å²) >= 11 is 13.4. The number of nitrogen functional groups attached to an aromatic ring is 1. The molecule has 0 amide bonds. The maximum absolute atomic E-state index is 6.02. The predicted molar refractivity (Wildman–Crippen MR) is 62.0 cm³/mol. The summed E-state index contributed by atoms with van der Waals surface area (Å²) in [5.41, 5.74) is 8.78. The Hall–Kier alpha value is -0.770. The van der Waals surface area contributed by atoms with Gasteiger partial charge in [-0.15, -0.1) is 11.3 Å². The summed E-state index contributed by atoms with van der Waals surface area (Å²) in [5, 5.41) is 1.75. The number of hydrogen-bond donors (Lipinski definition) is 1. The van der Waals surface area contributed by atoms with Gasteiger partial charge in [-0.1, -0.05) is 29.3 Å². The van der Waals surface area contributed by atoms with Crippen molar-refractivity contribution in [3.8, 4) is 11.3 Å². The molecule has 1 aromatic heterocycles. The molecule has 0 unspecified atom stereocenters. The second kappa shape index (κ2) is 3.77. The summed E-state index contributed by atoms with van der Waals surface area (Å²) in [6.07, 6.45) is 0. The van der Waals surface area contributed by atoms with E-state index in [0.717, 1.165) is 0 Å². The van der Waals surface area contributed by atoms with Gasteiger partial charge in [0.05, 0.1) is 15.6 Å². The van der Waals surface area contributed by atoms with Crippen molar-refractivity contribution in [2.45, 2.75) is 0 Å². The first-order valence-corrected chi connectivity index (χ1v) is 5.47. The summed E-state index contributed by atoms with van der Waals surface area (Å²) in [7, 11) is 0. The lowest BCUT2D eigenvalue weighted by Crippen LogP contribution is -1.87. The fourth-order valence-corrected chi connectivity index (χ4v) is 2.28. The molecule has 0 spiro atoms. The molecule has 0 bridgehead atoms. The van der Waals surface area contributed by atoms with Crippen molar-refractivity contribution in [1.82, 2.24) is 4.98 Å². The van der Waals surface area contributed by atoms with E-state index in [1.54, 1.807) is 23.7 Å². The first kappa shape index (κ1) is 9.77. The Bertz CT molecular complexity index is 447. The highest BCUT2D eigenvalue weighted by Crippen LogP contribution is 2.37. The Labute approximate surface area is 95.3 Å². The minimum atomic E-state index is 0.565. The van der Waals surface area contributed by atoms with Crippen LogP contribution in [0.1, 0.15) is 0 Å². The molecule has 0 saturated heterocycles. The van der Waals surface area contributed by atoms with Gasteiger partial charge in [0.25, 0.3) is 0 Å². The van der Waals surface area contributed by atoms with E-state index >= 15 is 0 Å². The smallest absolute Gasteiger partial charge is 0.114 e. The van der Waals surface area contributed by atoms with Crippen molar-refractivity contribution in [1.29, 1.82) is 0 Å². The fraction of sp³-hybridized carbons (Fsp3) is 0. The average Bonchev–Trinajstić information content (AvgIpc) is 2.52. The molecular weight excluding hydrogens is 239 g/mol. The number of benzene rings is 1. The van der Waals surface area contributed by atoms with E-state index in [2.05, 4.69) is 4.98 Å². The van der Waals surface area contributed by atoms with Crippen LogP contribution in [0.5, 0.6) is 0 Å². The van der Waals surface area contributed by atoms with Gasteiger partial charge < -0.3 is 5.73 Å². The second-order valence-electron chi connectivity index (χ2n) is 2.66. The van der Waals surface area contributed by atoms with Crippen molar-refractivity contribution >= 4 is 39.5 Å². The Morgan fingerprint density at radius 2 is 1.86 bits per heavy atom. The topological polar surface area (TPSA) is 38.9 Å². The highest BCUT2D eigenvalue weighted by molar-refractivity contribution is 7.14. The molecular formula is C9H6Cl2N2S. The zero-order valence-electron chi connectivity index (χ0n) is 7.00. The lowest BCUT2D eigenvalue weighted by atomic mass is 10.1. The molecule has 0 saturated carbocycles. The Balaban J connectivity index is 2.68. The summed E-state index contributed by atoms with van der Waals surface area (Å²) in [4.78, 5) is 4.13. The third kappa shape index (κ3) is 1.59. The standard InChI is InChI=1S/C9H6Cl2N2S/c10-5-2-1-3-6(11)7(5)8-9(12)14-4-13-8/h1-4H,12H2. The van der Waals surface area contributed by atoms with E-state index in [0.29, 0.717) is 26.3 Å². The van der Waals surface area contributed by atoms with Gasteiger partial charge in [0.15, 0.2) is 0 Å². The van der Waals surface area contributed by atoms with Crippen LogP contribution < -0.4 is 5.73 Å². The molecule has 5 heteroatoms. The maximum Gasteiger partial charge on any atom is 0.114 e. The Morgan fingerprint density at radius 1 is 1.21 bits per heavy atom. The molecule has 14 heavy (non-hydrogen) atoms. The average molecular weight is 245 g/mol. The van der Waals surface area contributed by atoms with Crippen LogP contribution in [-0.2, 0) is 0 Å². The van der Waals surface area contributed by atoms with Crippen LogP contribution in [0.15, 0.2) is 23.7 Å². The van der Waals surface area contributed by atoms with Crippen LogP contribution in [-0.4, -0.2) is 4.98 Å². The van der Waals surface area contributed by atoms with Gasteiger partial charge in [-0.05, 0) is 12.1 Å². The molecule has 2 N–H and O–H groups in total. The predicted octanol–water partition coefficient (Wildman–Crippen LogP) is 3.70. The van der Waals surface area contributed by atoms with Gasteiger partial charge in [-0.2, -0.15) is 0 Å². The zero-order chi connectivity index (χ0) is 10.1. The normalized spacial score (nSPS) is 10.4. The van der Waals surface area contributed by atoms with Crippen molar-refractivity contribution in [2.75, 3.05) is 5.73 Å². The summed E-state index contributed by atoms with van der Waals surface area (Å²) in [5.74, 6) is 0. The van der Waals surface area contributed by atoms with Crippen molar-refractivity contribution in [3.05, 3.63) is 33.8 Å². The van der Waals surface area contributed by atoms with Gasteiger partial charge in [-0.25, -0.2) is 4.98 Å². The molecule has 0 aliphatic carbocycles. The highest BCUT2D eigenvalue weighted by Gasteiger charge is 2.13. The zero-order valence-corrected chi connectivity index (χ0v) is 9.33. The van der Waals surface area contributed by atoms with E-state index in [1.165, 1.54) is 11.3 Å². The van der Waals surface area contributed by atoms with Gasteiger partial charge in [0.2, 0.25) is 0 Å². The molecule has 2 rings (SSSR count). The number of hydrogen-bond acceptors (Lipinski definition) is 3. The van der Waals surface area contributed by atoms with Gasteiger partial charge >= 0.3 is 0 Å². The minimum Gasteiger partial charge on any atom is -0.389 e. The number of nitrogens with zero attached hydrogens (tertiary/aromatic N) is 1. The van der Waals surface area contributed by atoms with Crippen LogP contribution in [0.4, 0.5) is 5.00 Å². The van der Waals surface area contributed by atoms with Crippen LogP contribution in [0.3, 0.4) is 0 Å². The number of rotatable bonds is 1. The fourth-order valence-electron chi connectivity index (χ4n) is 1.17. The number of aromatic nitrogens is 1. The van der Waals surface area contributed by atoms with Crippen molar-refractivity contribution < 1.29 is 0 Å². The second-order valence-corrected chi connectivity index (χ2v) is 4.36. The van der Waals surface area contributed by atoms with E-state index in [9.17, 15) is 0 Å². The number of anilines is 1. The number of nitrogens with two attached hydrogens (primary N) is 1. The molecule has 0 fully saturated rings. The molecule has 1 aromatic carbocycles. The monoisotopic (exact) mass is 244 g/mol. The summed E-state index contributed by atoms with van der Waals surface area (Å²) in [6, 6.07) is 5.32. The van der Waals surface area contributed by atoms with Gasteiger partial charge in [-0.3, -0.25) is 0 Å². The maximum atomic E-state index is 6.02. The molecule has 0 aliphatic rings. The van der Waals surface area contributed by atoms with Crippen LogP contribution in [0, 0.1) is 0 Å². The molecule has 0 atom stereocenters. The van der Waals surface area contributed by atoms with Crippen LogP contribution >= 0.6 is 34.5 Å². The Kier molecular flexibility index (Phi) is 2.63. The number of halogens is 2. The molecule has 2 nitrogen and oxygen atoms in total. The van der Waals surface area contributed by atoms with E-state index in [-0.39, 0.29) is 0 Å². The largest absolute Gasteiger partial charge is 0.389 e. The lowest BCUT2D eigenvalue weighted by molar-refractivity contribution is 1.41. The Morgan fingerprint density at radius 3 is 2.36 bits per heavy atom. The third-order valence-electron chi connectivity index (χ3n) is 1.79. The molecule has 0 aliphatic heterocycles. The quantitative estimate of drug-likeness (QED) is 0.831. The first-order valence-electron chi connectivity index (χ1n) is 3.83. The molecule has 2 aromatic rings. The summed E-state index contributed by atoms with van der Waals surface area (Å²) in [6.45, 7) is 0. The third-order valence-corrected chi connectivity index (χ3v) is 3.08. The molecule has 72 valence electrons. The SMILES string of the molecule is Nc1scnc1-c1c(Cl)cccc1Cl. The van der Waals surface area contributed by atoms with Crippen LogP contribution in [0.2, 0.25) is 10.0 Å². The van der Waals surface area contributed by atoms with Gasteiger partial charge in [0, 0.05) is 5.56 Å². The van der Waals surface area contributed by atoms with E-state index in [4.69, 9.17) is 28.9 Å². The first-order chi connectivity index (χ1) is 6.70. The van der Waals surface area contributed by atoms with E-state index < -0.39 is 0 Å². The van der Waals surface area contributed by atoms with Gasteiger partial charge in [0.1, 0.15) is 10.7 Å². The summed E-state index contributed by atoms with van der Waals surface area (Å²) < 4.78 is 0. The highest BCUT2D eigenvalue weighted by atomic mass is 35.5. The lowest BCUT2D eigenvalue weighted by Gasteiger charge is -2.04. The number of thiazole rings is 1. The van der Waals surface area contributed by atoms with E-state index in [1.807, 2.05) is 0 Å². The molecule has 1 heterocycles. The van der Waals surface area contributed by atoms with Crippen molar-refractivity contribution in [2.24, 2.45) is 0 Å². The molecule has 0 radical (unpaired) electrons.